The lowest BCUT2D eigenvalue weighted by atomic mass is 9.87. The summed E-state index contributed by atoms with van der Waals surface area (Å²) in [6.07, 6.45) is 0.383. The largest absolute Gasteiger partial charge is 0.361 e. The van der Waals surface area contributed by atoms with Crippen molar-refractivity contribution in [2.45, 2.75) is 12.0 Å². The third-order valence-corrected chi connectivity index (χ3v) is 5.87. The molecular formula is C27H28N2O3. The highest BCUT2D eigenvalue weighted by Gasteiger charge is 2.46. The number of nitrogens with zero attached hydrogens (tertiary/aromatic N) is 2. The standard InChI is InChI=1S/C27H28N2O3/c1-28(2)26(31)27(19-23-15-9-10-16-24(23)21-11-5-3-6-12-21)20-29(17-18-32-27)25(30)22-13-7-4-8-14-22/h3-16H,17-20H2,1-2H3/t27-/m1/s1. The summed E-state index contributed by atoms with van der Waals surface area (Å²) in [5.41, 5.74) is 2.64. The quantitative estimate of drug-likeness (QED) is 0.619. The molecule has 5 nitrogen and oxygen atoms in total. The lowest BCUT2D eigenvalue weighted by Crippen LogP contribution is -2.61. The molecule has 3 aromatic carbocycles. The Balaban J connectivity index is 1.70. The third kappa shape index (κ3) is 4.43. The lowest BCUT2D eigenvalue weighted by Gasteiger charge is -2.43. The fourth-order valence-corrected chi connectivity index (χ4v) is 4.32. The fraction of sp³-hybridized carbons (Fsp3) is 0.259. The Morgan fingerprint density at radius 1 is 0.906 bits per heavy atom. The van der Waals surface area contributed by atoms with Gasteiger partial charge < -0.3 is 14.5 Å². The van der Waals surface area contributed by atoms with Gasteiger partial charge in [-0.2, -0.15) is 0 Å². The van der Waals surface area contributed by atoms with Crippen molar-refractivity contribution < 1.29 is 14.3 Å². The Kier molecular flexibility index (Phi) is 6.37. The van der Waals surface area contributed by atoms with Gasteiger partial charge >= 0.3 is 0 Å². The van der Waals surface area contributed by atoms with Crippen LogP contribution in [0.4, 0.5) is 0 Å². The molecule has 1 heterocycles. The average Bonchev–Trinajstić information content (AvgIpc) is 2.84. The zero-order valence-corrected chi connectivity index (χ0v) is 18.5. The molecule has 2 amide bonds. The maximum atomic E-state index is 13.4. The van der Waals surface area contributed by atoms with Gasteiger partial charge in [-0.05, 0) is 28.8 Å². The van der Waals surface area contributed by atoms with Gasteiger partial charge in [0.25, 0.3) is 11.8 Å². The van der Waals surface area contributed by atoms with E-state index in [9.17, 15) is 9.59 Å². The van der Waals surface area contributed by atoms with Crippen LogP contribution in [0.2, 0.25) is 0 Å². The van der Waals surface area contributed by atoms with Crippen LogP contribution in [-0.4, -0.2) is 61.0 Å². The highest BCUT2D eigenvalue weighted by atomic mass is 16.5. The van der Waals surface area contributed by atoms with Gasteiger partial charge in [0.05, 0.1) is 13.2 Å². The average molecular weight is 429 g/mol. The minimum absolute atomic E-state index is 0.0822. The van der Waals surface area contributed by atoms with Crippen LogP contribution in [0, 0.1) is 0 Å². The number of carbonyl (C=O) groups excluding carboxylic acids is 2. The molecular weight excluding hydrogens is 400 g/mol. The summed E-state index contributed by atoms with van der Waals surface area (Å²) in [6.45, 7) is 0.975. The molecule has 1 aliphatic rings. The van der Waals surface area contributed by atoms with Crippen LogP contribution in [0.3, 0.4) is 0 Å². The topological polar surface area (TPSA) is 49.9 Å². The minimum atomic E-state index is -1.14. The van der Waals surface area contributed by atoms with E-state index in [4.69, 9.17) is 4.74 Å². The van der Waals surface area contributed by atoms with E-state index in [2.05, 4.69) is 18.2 Å². The maximum absolute atomic E-state index is 13.4. The number of hydrogen-bond acceptors (Lipinski definition) is 3. The monoisotopic (exact) mass is 428 g/mol. The van der Waals surface area contributed by atoms with Crippen molar-refractivity contribution in [3.05, 3.63) is 96.1 Å². The Labute approximate surface area is 189 Å². The molecule has 3 aromatic rings. The number of rotatable bonds is 5. The molecule has 0 radical (unpaired) electrons. The van der Waals surface area contributed by atoms with Crippen molar-refractivity contribution in [1.29, 1.82) is 0 Å². The van der Waals surface area contributed by atoms with Gasteiger partial charge in [0.15, 0.2) is 5.60 Å². The van der Waals surface area contributed by atoms with Gasteiger partial charge in [-0.3, -0.25) is 9.59 Å². The molecule has 1 fully saturated rings. The van der Waals surface area contributed by atoms with Gasteiger partial charge in [-0.1, -0.05) is 72.8 Å². The second kappa shape index (κ2) is 9.37. The van der Waals surface area contributed by atoms with E-state index in [0.717, 1.165) is 16.7 Å². The van der Waals surface area contributed by atoms with Crippen molar-refractivity contribution in [3.63, 3.8) is 0 Å². The molecule has 0 saturated carbocycles. The minimum Gasteiger partial charge on any atom is -0.361 e. The van der Waals surface area contributed by atoms with Crippen LogP contribution in [-0.2, 0) is 16.0 Å². The number of carbonyl (C=O) groups is 2. The molecule has 1 aliphatic heterocycles. The highest BCUT2D eigenvalue weighted by molar-refractivity contribution is 5.95. The van der Waals surface area contributed by atoms with Crippen LogP contribution < -0.4 is 0 Å². The predicted octanol–water partition coefficient (Wildman–Crippen LogP) is 3.90. The first-order valence-corrected chi connectivity index (χ1v) is 10.8. The van der Waals surface area contributed by atoms with E-state index in [0.29, 0.717) is 25.1 Å². The molecule has 0 unspecified atom stereocenters. The van der Waals surface area contributed by atoms with Gasteiger partial charge in [0.2, 0.25) is 0 Å². The number of amides is 2. The first-order chi connectivity index (χ1) is 15.5. The summed E-state index contributed by atoms with van der Waals surface area (Å²) in [4.78, 5) is 29.9. The zero-order valence-electron chi connectivity index (χ0n) is 18.5. The van der Waals surface area contributed by atoms with E-state index in [1.807, 2.05) is 54.6 Å². The molecule has 1 saturated heterocycles. The summed E-state index contributed by atoms with van der Waals surface area (Å²) in [6, 6.07) is 27.4. The molecule has 1 atom stereocenters. The van der Waals surface area contributed by atoms with Gasteiger partial charge in [0, 0.05) is 32.6 Å². The molecule has 32 heavy (non-hydrogen) atoms. The second-order valence-corrected chi connectivity index (χ2v) is 8.34. The molecule has 4 rings (SSSR count). The van der Waals surface area contributed by atoms with Crippen molar-refractivity contribution in [1.82, 2.24) is 9.80 Å². The second-order valence-electron chi connectivity index (χ2n) is 8.34. The normalized spacial score (nSPS) is 18.2. The fourth-order valence-electron chi connectivity index (χ4n) is 4.32. The first-order valence-electron chi connectivity index (χ1n) is 10.8. The molecule has 0 N–H and O–H groups in total. The Hall–Kier alpha value is -3.44. The lowest BCUT2D eigenvalue weighted by molar-refractivity contribution is -0.165. The predicted molar refractivity (Wildman–Crippen MR) is 125 cm³/mol. The molecule has 5 heteroatoms. The maximum Gasteiger partial charge on any atom is 0.256 e. The summed E-state index contributed by atoms with van der Waals surface area (Å²) < 4.78 is 6.21. The smallest absolute Gasteiger partial charge is 0.256 e. The third-order valence-electron chi connectivity index (χ3n) is 5.87. The van der Waals surface area contributed by atoms with Gasteiger partial charge in [-0.25, -0.2) is 0 Å². The first kappa shape index (κ1) is 21.8. The molecule has 0 bridgehead atoms. The van der Waals surface area contributed by atoms with Gasteiger partial charge in [0.1, 0.15) is 0 Å². The number of likely N-dealkylation sites (N-methyl/N-ethyl adjacent to an activating group) is 1. The Morgan fingerprint density at radius 3 is 2.22 bits per heavy atom. The van der Waals surface area contributed by atoms with Crippen molar-refractivity contribution >= 4 is 11.8 Å². The van der Waals surface area contributed by atoms with Crippen molar-refractivity contribution in [2.24, 2.45) is 0 Å². The molecule has 0 spiro atoms. The Morgan fingerprint density at radius 2 is 1.53 bits per heavy atom. The number of benzene rings is 3. The SMILES string of the molecule is CN(C)C(=O)[C@@]1(Cc2ccccc2-c2ccccc2)CN(C(=O)c2ccccc2)CCO1. The Bertz CT molecular complexity index is 1080. The summed E-state index contributed by atoms with van der Waals surface area (Å²) >= 11 is 0. The molecule has 164 valence electrons. The number of ether oxygens (including phenoxy) is 1. The number of hydrogen-bond donors (Lipinski definition) is 0. The van der Waals surface area contributed by atoms with E-state index in [1.165, 1.54) is 0 Å². The van der Waals surface area contributed by atoms with E-state index in [-0.39, 0.29) is 18.4 Å². The summed E-state index contributed by atoms with van der Waals surface area (Å²) in [7, 11) is 3.46. The number of morpholine rings is 1. The summed E-state index contributed by atoms with van der Waals surface area (Å²) in [5.74, 6) is -0.216. The van der Waals surface area contributed by atoms with Crippen LogP contribution in [0.5, 0.6) is 0 Å². The van der Waals surface area contributed by atoms with E-state index in [1.54, 1.807) is 36.0 Å². The van der Waals surface area contributed by atoms with Crippen molar-refractivity contribution in [2.75, 3.05) is 33.8 Å². The van der Waals surface area contributed by atoms with Crippen molar-refractivity contribution in [3.8, 4) is 11.1 Å². The van der Waals surface area contributed by atoms with E-state index < -0.39 is 5.60 Å². The van der Waals surface area contributed by atoms with Gasteiger partial charge in [-0.15, -0.1) is 0 Å². The van der Waals surface area contributed by atoms with E-state index >= 15 is 0 Å². The van der Waals surface area contributed by atoms with Crippen LogP contribution >= 0.6 is 0 Å². The highest BCUT2D eigenvalue weighted by Crippen LogP contribution is 2.31. The zero-order chi connectivity index (χ0) is 22.6. The summed E-state index contributed by atoms with van der Waals surface area (Å²) in [5, 5.41) is 0. The molecule has 0 aliphatic carbocycles. The molecule has 0 aromatic heterocycles. The van der Waals surface area contributed by atoms with Crippen LogP contribution in [0.15, 0.2) is 84.9 Å². The van der Waals surface area contributed by atoms with Crippen LogP contribution in [0.1, 0.15) is 15.9 Å². The van der Waals surface area contributed by atoms with Crippen LogP contribution in [0.25, 0.3) is 11.1 Å².